The van der Waals surface area contributed by atoms with Gasteiger partial charge in [-0.3, -0.25) is 0 Å². The molecule has 102 valence electrons. The molecular weight excluding hydrogens is 292 g/mol. The first-order valence-electron chi connectivity index (χ1n) is 5.77. The Kier molecular flexibility index (Phi) is 4.31. The van der Waals surface area contributed by atoms with E-state index in [1.807, 2.05) is 14.0 Å². The number of aryl methyl sites for hydroxylation is 1. The van der Waals surface area contributed by atoms with E-state index in [4.69, 9.17) is 11.6 Å². The van der Waals surface area contributed by atoms with E-state index in [1.165, 1.54) is 0 Å². The van der Waals surface area contributed by atoms with Crippen molar-refractivity contribution in [1.82, 2.24) is 8.87 Å². The van der Waals surface area contributed by atoms with Gasteiger partial charge in [0.1, 0.15) is 4.90 Å². The van der Waals surface area contributed by atoms with Crippen LogP contribution in [-0.4, -0.2) is 41.4 Å². The Labute approximate surface area is 117 Å². The van der Waals surface area contributed by atoms with E-state index in [0.29, 0.717) is 17.3 Å². The Morgan fingerprint density at radius 2 is 2.28 bits per heavy atom. The van der Waals surface area contributed by atoms with Crippen molar-refractivity contribution < 1.29 is 8.42 Å². The first-order chi connectivity index (χ1) is 8.46. The second-order valence-electron chi connectivity index (χ2n) is 4.45. The molecule has 1 unspecified atom stereocenters. The lowest BCUT2D eigenvalue weighted by Crippen LogP contribution is -2.44. The van der Waals surface area contributed by atoms with Gasteiger partial charge in [0.2, 0.25) is 10.0 Å². The second kappa shape index (κ2) is 5.45. The molecule has 1 aromatic heterocycles. The number of rotatable bonds is 3. The van der Waals surface area contributed by atoms with E-state index in [1.54, 1.807) is 32.9 Å². The molecule has 4 nitrogen and oxygen atoms in total. The molecule has 1 saturated heterocycles. The molecule has 0 amide bonds. The zero-order chi connectivity index (χ0) is 13.3. The standard InChI is InChI=1S/C11H17ClN2O2S2/c1-9-8-17-4-3-14(9)18(15,16)11-5-10(6-12)13(2)7-11/h5,7,9H,3-4,6,8H2,1-2H3. The average Bonchev–Trinajstić information content (AvgIpc) is 2.71. The van der Waals surface area contributed by atoms with E-state index in [9.17, 15) is 8.42 Å². The van der Waals surface area contributed by atoms with Gasteiger partial charge in [-0.1, -0.05) is 0 Å². The van der Waals surface area contributed by atoms with Crippen molar-refractivity contribution >= 4 is 33.4 Å². The van der Waals surface area contributed by atoms with Crippen molar-refractivity contribution in [2.24, 2.45) is 7.05 Å². The Morgan fingerprint density at radius 1 is 1.56 bits per heavy atom. The molecule has 0 N–H and O–H groups in total. The van der Waals surface area contributed by atoms with Crippen LogP contribution < -0.4 is 0 Å². The lowest BCUT2D eigenvalue weighted by atomic mass is 10.4. The van der Waals surface area contributed by atoms with Crippen molar-refractivity contribution in [2.75, 3.05) is 18.1 Å². The summed E-state index contributed by atoms with van der Waals surface area (Å²) in [5.41, 5.74) is 0.814. The fourth-order valence-electron chi connectivity index (χ4n) is 2.06. The summed E-state index contributed by atoms with van der Waals surface area (Å²) in [7, 11) is -1.57. The van der Waals surface area contributed by atoms with Crippen molar-refractivity contribution in [2.45, 2.75) is 23.7 Å². The summed E-state index contributed by atoms with van der Waals surface area (Å²) in [6, 6.07) is 1.71. The minimum atomic E-state index is -3.38. The molecule has 0 aromatic carbocycles. The van der Waals surface area contributed by atoms with E-state index in [0.717, 1.165) is 17.2 Å². The largest absolute Gasteiger partial charge is 0.352 e. The topological polar surface area (TPSA) is 42.3 Å². The molecule has 0 radical (unpaired) electrons. The van der Waals surface area contributed by atoms with E-state index in [2.05, 4.69) is 0 Å². The maximum atomic E-state index is 12.5. The third kappa shape index (κ3) is 2.57. The molecule has 2 heterocycles. The van der Waals surface area contributed by atoms with Crippen molar-refractivity contribution in [3.8, 4) is 0 Å². The van der Waals surface area contributed by atoms with Gasteiger partial charge in [-0.2, -0.15) is 16.1 Å². The number of halogens is 1. The van der Waals surface area contributed by atoms with Crippen LogP contribution >= 0.6 is 23.4 Å². The van der Waals surface area contributed by atoms with Crippen LogP contribution in [0.25, 0.3) is 0 Å². The normalized spacial score (nSPS) is 22.3. The van der Waals surface area contributed by atoms with Crippen LogP contribution in [0.2, 0.25) is 0 Å². The molecule has 1 aliphatic heterocycles. The SMILES string of the molecule is CC1CSCCN1S(=O)(=O)c1cc(CCl)n(C)c1. The van der Waals surface area contributed by atoms with E-state index >= 15 is 0 Å². The lowest BCUT2D eigenvalue weighted by Gasteiger charge is -2.31. The summed E-state index contributed by atoms with van der Waals surface area (Å²) in [5, 5.41) is 0. The number of thioether (sulfide) groups is 1. The second-order valence-corrected chi connectivity index (χ2v) is 7.76. The third-order valence-electron chi connectivity index (χ3n) is 3.13. The van der Waals surface area contributed by atoms with Gasteiger partial charge in [0.15, 0.2) is 0 Å². The average molecular weight is 309 g/mol. The van der Waals surface area contributed by atoms with Crippen molar-refractivity contribution in [3.63, 3.8) is 0 Å². The van der Waals surface area contributed by atoms with Crippen molar-refractivity contribution in [3.05, 3.63) is 18.0 Å². The molecule has 1 atom stereocenters. The summed E-state index contributed by atoms with van der Waals surface area (Å²) in [6.07, 6.45) is 1.64. The number of sulfonamides is 1. The van der Waals surface area contributed by atoms with Crippen LogP contribution in [0.3, 0.4) is 0 Å². The number of nitrogens with zero attached hydrogens (tertiary/aromatic N) is 2. The summed E-state index contributed by atoms with van der Waals surface area (Å²) >= 11 is 7.58. The molecular formula is C11H17ClN2O2S2. The fraction of sp³-hybridized carbons (Fsp3) is 0.636. The van der Waals surface area contributed by atoms with E-state index < -0.39 is 10.0 Å². The predicted molar refractivity (Wildman–Crippen MR) is 75.6 cm³/mol. The van der Waals surface area contributed by atoms with Gasteiger partial charge in [0.05, 0.1) is 5.88 Å². The molecule has 7 heteroatoms. The molecule has 18 heavy (non-hydrogen) atoms. The highest BCUT2D eigenvalue weighted by Gasteiger charge is 2.32. The molecule has 1 aromatic rings. The molecule has 2 rings (SSSR count). The highest BCUT2D eigenvalue weighted by molar-refractivity contribution is 7.99. The maximum absolute atomic E-state index is 12.5. The van der Waals surface area contributed by atoms with Gasteiger partial charge in [-0.15, -0.1) is 11.6 Å². The van der Waals surface area contributed by atoms with Gasteiger partial charge in [0.25, 0.3) is 0 Å². The number of aromatic nitrogens is 1. The number of hydrogen-bond donors (Lipinski definition) is 0. The quantitative estimate of drug-likeness (QED) is 0.801. The number of alkyl halides is 1. The van der Waals surface area contributed by atoms with Crippen LogP contribution in [-0.2, 0) is 23.0 Å². The Bertz CT molecular complexity index is 527. The van der Waals surface area contributed by atoms with Crippen LogP contribution in [0.1, 0.15) is 12.6 Å². The van der Waals surface area contributed by atoms with Gasteiger partial charge in [-0.05, 0) is 13.0 Å². The highest BCUT2D eigenvalue weighted by Crippen LogP contribution is 2.25. The van der Waals surface area contributed by atoms with Crippen molar-refractivity contribution in [1.29, 1.82) is 0 Å². The molecule has 0 spiro atoms. The van der Waals surface area contributed by atoms with Gasteiger partial charge in [0, 0.05) is 43.0 Å². The molecule has 1 aliphatic rings. The Balaban J connectivity index is 2.34. The maximum Gasteiger partial charge on any atom is 0.244 e. The van der Waals surface area contributed by atoms with Gasteiger partial charge < -0.3 is 4.57 Å². The van der Waals surface area contributed by atoms with Crippen LogP contribution in [0.5, 0.6) is 0 Å². The summed E-state index contributed by atoms with van der Waals surface area (Å²) < 4.78 is 28.4. The first kappa shape index (κ1) is 14.2. The molecule has 0 saturated carbocycles. The van der Waals surface area contributed by atoms with Crippen LogP contribution in [0.4, 0.5) is 0 Å². The minimum Gasteiger partial charge on any atom is -0.352 e. The Hall–Kier alpha value is -0.170. The molecule has 0 bridgehead atoms. The molecule has 0 aliphatic carbocycles. The zero-order valence-electron chi connectivity index (χ0n) is 10.5. The Morgan fingerprint density at radius 3 is 2.83 bits per heavy atom. The number of hydrogen-bond acceptors (Lipinski definition) is 3. The van der Waals surface area contributed by atoms with Gasteiger partial charge in [-0.25, -0.2) is 8.42 Å². The minimum absolute atomic E-state index is 0.0495. The highest BCUT2D eigenvalue weighted by atomic mass is 35.5. The van der Waals surface area contributed by atoms with Crippen LogP contribution in [0, 0.1) is 0 Å². The molecule has 1 fully saturated rings. The van der Waals surface area contributed by atoms with Gasteiger partial charge >= 0.3 is 0 Å². The predicted octanol–water partition coefficient (Wildman–Crippen LogP) is 1.89. The summed E-state index contributed by atoms with van der Waals surface area (Å²) in [4.78, 5) is 0.347. The smallest absolute Gasteiger partial charge is 0.244 e. The summed E-state index contributed by atoms with van der Waals surface area (Å²) in [6.45, 7) is 2.54. The zero-order valence-corrected chi connectivity index (χ0v) is 12.9. The van der Waals surface area contributed by atoms with Crippen LogP contribution in [0.15, 0.2) is 17.2 Å². The first-order valence-corrected chi connectivity index (χ1v) is 8.90. The fourth-order valence-corrected chi connectivity index (χ4v) is 5.27. The van der Waals surface area contributed by atoms with E-state index in [-0.39, 0.29) is 6.04 Å². The third-order valence-corrected chi connectivity index (χ3v) is 6.58. The monoisotopic (exact) mass is 308 g/mol. The summed E-state index contributed by atoms with van der Waals surface area (Å²) in [5.74, 6) is 2.03. The lowest BCUT2D eigenvalue weighted by molar-refractivity contribution is 0.367.